The maximum absolute atomic E-state index is 4.42. The molecule has 3 heterocycles. The van der Waals surface area contributed by atoms with Crippen LogP contribution in [0.5, 0.6) is 0 Å². The molecule has 4 heteroatoms. The minimum Gasteiger partial charge on any atom is -0.381 e. The van der Waals surface area contributed by atoms with Gasteiger partial charge in [0.15, 0.2) is 0 Å². The van der Waals surface area contributed by atoms with Crippen LogP contribution in [0.3, 0.4) is 0 Å². The first-order chi connectivity index (χ1) is 9.81. The predicted octanol–water partition coefficient (Wildman–Crippen LogP) is 2.87. The molecule has 1 saturated heterocycles. The third kappa shape index (κ3) is 3.07. The van der Waals surface area contributed by atoms with Gasteiger partial charge in [0.25, 0.3) is 0 Å². The Hall–Kier alpha value is -2.10. The molecule has 2 aromatic heterocycles. The van der Waals surface area contributed by atoms with E-state index in [1.807, 2.05) is 30.7 Å². The number of aryl methyl sites for hydroxylation is 1. The minimum absolute atomic E-state index is 0.526. The van der Waals surface area contributed by atoms with Gasteiger partial charge in [-0.15, -0.1) is 0 Å². The molecular weight excluding hydrogens is 248 g/mol. The number of pyridine rings is 2. The Bertz CT molecular complexity index is 547. The highest BCUT2D eigenvalue weighted by molar-refractivity contribution is 5.44. The van der Waals surface area contributed by atoms with Gasteiger partial charge in [-0.2, -0.15) is 0 Å². The van der Waals surface area contributed by atoms with E-state index in [4.69, 9.17) is 0 Å². The summed E-state index contributed by atoms with van der Waals surface area (Å²) in [5, 5.41) is 3.58. The molecule has 0 radical (unpaired) electrons. The number of rotatable bonds is 3. The zero-order chi connectivity index (χ0) is 13.8. The van der Waals surface area contributed by atoms with Crippen LogP contribution in [-0.4, -0.2) is 29.1 Å². The van der Waals surface area contributed by atoms with Crippen molar-refractivity contribution in [2.24, 2.45) is 0 Å². The second kappa shape index (κ2) is 5.90. The molecule has 0 atom stereocenters. The third-order valence-electron chi connectivity index (χ3n) is 3.71. The van der Waals surface area contributed by atoms with Crippen LogP contribution >= 0.6 is 0 Å². The van der Waals surface area contributed by atoms with Gasteiger partial charge in [0.2, 0.25) is 0 Å². The number of aromatic nitrogens is 2. The van der Waals surface area contributed by atoms with Crippen LogP contribution in [-0.2, 0) is 0 Å². The molecule has 3 rings (SSSR count). The summed E-state index contributed by atoms with van der Waals surface area (Å²) in [4.78, 5) is 11.0. The lowest BCUT2D eigenvalue weighted by Gasteiger charge is -2.33. The first kappa shape index (κ1) is 12.9. The lowest BCUT2D eigenvalue weighted by Crippen LogP contribution is -2.39. The Kier molecular flexibility index (Phi) is 3.81. The van der Waals surface area contributed by atoms with Crippen LogP contribution in [0.2, 0.25) is 0 Å². The molecule has 1 N–H and O–H groups in total. The van der Waals surface area contributed by atoms with Crippen molar-refractivity contribution >= 4 is 11.5 Å². The third-order valence-corrected chi connectivity index (χ3v) is 3.71. The van der Waals surface area contributed by atoms with E-state index in [-0.39, 0.29) is 0 Å². The van der Waals surface area contributed by atoms with Gasteiger partial charge in [0.1, 0.15) is 5.82 Å². The topological polar surface area (TPSA) is 41.1 Å². The average Bonchev–Trinajstić information content (AvgIpc) is 2.49. The molecule has 0 spiro atoms. The minimum atomic E-state index is 0.526. The number of piperidine rings is 1. The second-order valence-electron chi connectivity index (χ2n) is 5.34. The Morgan fingerprint density at radius 1 is 1.20 bits per heavy atom. The van der Waals surface area contributed by atoms with Crippen molar-refractivity contribution in [1.82, 2.24) is 9.97 Å². The first-order valence-electron chi connectivity index (χ1n) is 7.15. The summed E-state index contributed by atoms with van der Waals surface area (Å²) in [7, 11) is 0. The first-order valence-corrected chi connectivity index (χ1v) is 7.15. The number of anilines is 2. The molecule has 0 aromatic carbocycles. The average molecular weight is 268 g/mol. The molecule has 0 saturated carbocycles. The van der Waals surface area contributed by atoms with Crippen LogP contribution in [0.1, 0.15) is 18.4 Å². The SMILES string of the molecule is Cc1cncc(NC2CCN(c3ccccn3)CC2)c1. The fourth-order valence-corrected chi connectivity index (χ4v) is 2.66. The summed E-state index contributed by atoms with van der Waals surface area (Å²) >= 11 is 0. The van der Waals surface area contributed by atoms with Crippen molar-refractivity contribution < 1.29 is 0 Å². The van der Waals surface area contributed by atoms with E-state index < -0.39 is 0 Å². The van der Waals surface area contributed by atoms with E-state index in [1.54, 1.807) is 0 Å². The highest BCUT2D eigenvalue weighted by Crippen LogP contribution is 2.20. The highest BCUT2D eigenvalue weighted by Gasteiger charge is 2.19. The molecule has 0 aliphatic carbocycles. The van der Waals surface area contributed by atoms with Crippen LogP contribution in [0.4, 0.5) is 11.5 Å². The fourth-order valence-electron chi connectivity index (χ4n) is 2.66. The zero-order valence-corrected chi connectivity index (χ0v) is 11.8. The van der Waals surface area contributed by atoms with Crippen molar-refractivity contribution in [3.05, 3.63) is 48.4 Å². The molecule has 20 heavy (non-hydrogen) atoms. The van der Waals surface area contributed by atoms with Crippen molar-refractivity contribution in [2.45, 2.75) is 25.8 Å². The molecule has 0 unspecified atom stereocenters. The predicted molar refractivity (Wildman–Crippen MR) is 82.1 cm³/mol. The summed E-state index contributed by atoms with van der Waals surface area (Å²) in [6.45, 7) is 4.17. The molecular formula is C16H20N4. The number of hydrogen-bond acceptors (Lipinski definition) is 4. The zero-order valence-electron chi connectivity index (χ0n) is 11.8. The molecule has 4 nitrogen and oxygen atoms in total. The molecule has 0 bridgehead atoms. The Labute approximate surface area is 119 Å². The normalized spacial score (nSPS) is 16.1. The van der Waals surface area contributed by atoms with E-state index in [2.05, 4.69) is 39.2 Å². The van der Waals surface area contributed by atoms with E-state index in [0.29, 0.717) is 6.04 Å². The number of hydrogen-bond donors (Lipinski definition) is 1. The molecule has 1 fully saturated rings. The van der Waals surface area contributed by atoms with E-state index >= 15 is 0 Å². The van der Waals surface area contributed by atoms with Crippen LogP contribution in [0.25, 0.3) is 0 Å². The maximum atomic E-state index is 4.42. The summed E-state index contributed by atoms with van der Waals surface area (Å²) in [5.41, 5.74) is 2.32. The van der Waals surface area contributed by atoms with Gasteiger partial charge in [-0.3, -0.25) is 4.98 Å². The van der Waals surface area contributed by atoms with Crippen molar-refractivity contribution in [2.75, 3.05) is 23.3 Å². The summed E-state index contributed by atoms with van der Waals surface area (Å²) in [5.74, 6) is 1.09. The smallest absolute Gasteiger partial charge is 0.128 e. The van der Waals surface area contributed by atoms with E-state index in [9.17, 15) is 0 Å². The second-order valence-corrected chi connectivity index (χ2v) is 5.34. The van der Waals surface area contributed by atoms with Gasteiger partial charge < -0.3 is 10.2 Å². The Balaban J connectivity index is 1.56. The lowest BCUT2D eigenvalue weighted by atomic mass is 10.0. The quantitative estimate of drug-likeness (QED) is 0.929. The fraction of sp³-hybridized carbons (Fsp3) is 0.375. The number of nitrogens with one attached hydrogen (secondary N) is 1. The monoisotopic (exact) mass is 268 g/mol. The van der Waals surface area contributed by atoms with Gasteiger partial charge in [0.05, 0.1) is 5.69 Å². The van der Waals surface area contributed by atoms with Crippen molar-refractivity contribution in [3.63, 3.8) is 0 Å². The van der Waals surface area contributed by atoms with E-state index in [0.717, 1.165) is 37.4 Å². The summed E-state index contributed by atoms with van der Waals surface area (Å²) in [6.07, 6.45) is 7.90. The lowest BCUT2D eigenvalue weighted by molar-refractivity contribution is 0.523. The Morgan fingerprint density at radius 3 is 2.75 bits per heavy atom. The standard InChI is InChI=1S/C16H20N4/c1-13-10-15(12-17-11-13)19-14-5-8-20(9-6-14)16-4-2-3-7-18-16/h2-4,7,10-12,14,19H,5-6,8-9H2,1H3. The summed E-state index contributed by atoms with van der Waals surface area (Å²) < 4.78 is 0. The van der Waals surface area contributed by atoms with Gasteiger partial charge in [-0.1, -0.05) is 6.07 Å². The van der Waals surface area contributed by atoms with Crippen LogP contribution in [0.15, 0.2) is 42.9 Å². The van der Waals surface area contributed by atoms with Gasteiger partial charge in [-0.05, 0) is 43.5 Å². The molecule has 0 amide bonds. The summed E-state index contributed by atoms with van der Waals surface area (Å²) in [6, 6.07) is 8.77. The number of nitrogens with zero attached hydrogens (tertiary/aromatic N) is 3. The van der Waals surface area contributed by atoms with Gasteiger partial charge in [0, 0.05) is 37.7 Å². The van der Waals surface area contributed by atoms with Crippen LogP contribution in [0, 0.1) is 6.92 Å². The van der Waals surface area contributed by atoms with Gasteiger partial charge >= 0.3 is 0 Å². The molecule has 1 aliphatic rings. The molecule has 1 aliphatic heterocycles. The maximum Gasteiger partial charge on any atom is 0.128 e. The van der Waals surface area contributed by atoms with Crippen molar-refractivity contribution in [3.8, 4) is 0 Å². The molecule has 104 valence electrons. The highest BCUT2D eigenvalue weighted by atomic mass is 15.2. The Morgan fingerprint density at radius 2 is 2.05 bits per heavy atom. The van der Waals surface area contributed by atoms with Crippen LogP contribution < -0.4 is 10.2 Å². The van der Waals surface area contributed by atoms with Crippen molar-refractivity contribution in [1.29, 1.82) is 0 Å². The largest absolute Gasteiger partial charge is 0.381 e. The molecule has 2 aromatic rings. The van der Waals surface area contributed by atoms with Gasteiger partial charge in [-0.25, -0.2) is 4.98 Å². The van der Waals surface area contributed by atoms with E-state index in [1.165, 1.54) is 5.56 Å².